The number of carbonyl (C=O) groups is 1. The Kier molecular flexibility index (Phi) is 4.40. The minimum absolute atomic E-state index is 0.00846. The van der Waals surface area contributed by atoms with Gasteiger partial charge < -0.3 is 16.4 Å². The average molecular weight is 262 g/mol. The van der Waals surface area contributed by atoms with Gasteiger partial charge in [0.25, 0.3) is 5.91 Å². The SMILES string of the molecule is Nc1nonc1C(=O)NCCNCc1ccncc1. The minimum atomic E-state index is -0.399. The Hall–Kier alpha value is -2.48. The summed E-state index contributed by atoms with van der Waals surface area (Å²) in [4.78, 5) is 15.5. The normalized spacial score (nSPS) is 10.3. The molecule has 0 aromatic carbocycles. The summed E-state index contributed by atoms with van der Waals surface area (Å²) in [7, 11) is 0. The zero-order valence-corrected chi connectivity index (χ0v) is 10.2. The molecule has 0 unspecified atom stereocenters. The lowest BCUT2D eigenvalue weighted by molar-refractivity contribution is 0.0944. The van der Waals surface area contributed by atoms with Crippen LogP contribution in [-0.2, 0) is 6.54 Å². The van der Waals surface area contributed by atoms with Crippen molar-refractivity contribution in [1.82, 2.24) is 25.9 Å². The average Bonchev–Trinajstić information content (AvgIpc) is 2.86. The van der Waals surface area contributed by atoms with E-state index >= 15 is 0 Å². The molecule has 100 valence electrons. The summed E-state index contributed by atoms with van der Waals surface area (Å²) < 4.78 is 4.34. The van der Waals surface area contributed by atoms with Gasteiger partial charge in [0.05, 0.1) is 0 Å². The summed E-state index contributed by atoms with van der Waals surface area (Å²) in [5, 5.41) is 12.6. The molecular weight excluding hydrogens is 248 g/mol. The van der Waals surface area contributed by atoms with E-state index in [2.05, 4.69) is 30.6 Å². The molecule has 0 bridgehead atoms. The Labute approximate surface area is 109 Å². The highest BCUT2D eigenvalue weighted by Crippen LogP contribution is 2.02. The van der Waals surface area contributed by atoms with Crippen LogP contribution in [0.2, 0.25) is 0 Å². The van der Waals surface area contributed by atoms with Gasteiger partial charge >= 0.3 is 0 Å². The van der Waals surface area contributed by atoms with Gasteiger partial charge in [-0.1, -0.05) is 0 Å². The molecule has 0 saturated heterocycles. The Balaban J connectivity index is 1.65. The van der Waals surface area contributed by atoms with Crippen molar-refractivity contribution in [2.45, 2.75) is 6.54 Å². The molecule has 0 spiro atoms. The van der Waals surface area contributed by atoms with E-state index in [9.17, 15) is 4.79 Å². The number of nitrogen functional groups attached to an aromatic ring is 1. The number of nitrogens with two attached hydrogens (primary N) is 1. The van der Waals surface area contributed by atoms with Crippen LogP contribution in [0.5, 0.6) is 0 Å². The molecule has 0 aliphatic carbocycles. The zero-order valence-electron chi connectivity index (χ0n) is 10.2. The highest BCUT2D eigenvalue weighted by molar-refractivity contribution is 5.95. The van der Waals surface area contributed by atoms with Crippen LogP contribution in [0.4, 0.5) is 5.82 Å². The Morgan fingerprint density at radius 3 is 2.74 bits per heavy atom. The van der Waals surface area contributed by atoms with Crippen LogP contribution in [-0.4, -0.2) is 34.3 Å². The predicted octanol–water partition coefficient (Wildman–Crippen LogP) is -0.434. The molecule has 2 aromatic rings. The van der Waals surface area contributed by atoms with Gasteiger partial charge in [-0.15, -0.1) is 0 Å². The van der Waals surface area contributed by atoms with Gasteiger partial charge in [-0.2, -0.15) is 0 Å². The molecule has 0 aliphatic rings. The smallest absolute Gasteiger partial charge is 0.277 e. The first kappa shape index (κ1) is 13.0. The first-order chi connectivity index (χ1) is 9.27. The predicted molar refractivity (Wildman–Crippen MR) is 67.0 cm³/mol. The number of nitrogens with one attached hydrogen (secondary N) is 2. The summed E-state index contributed by atoms with van der Waals surface area (Å²) in [5.41, 5.74) is 6.54. The number of amides is 1. The van der Waals surface area contributed by atoms with Gasteiger partial charge in [-0.3, -0.25) is 9.78 Å². The Bertz CT molecular complexity index is 527. The van der Waals surface area contributed by atoms with Crippen molar-refractivity contribution in [2.24, 2.45) is 0 Å². The number of anilines is 1. The Morgan fingerprint density at radius 2 is 2.05 bits per heavy atom. The highest BCUT2D eigenvalue weighted by Gasteiger charge is 2.14. The Morgan fingerprint density at radius 1 is 1.26 bits per heavy atom. The van der Waals surface area contributed by atoms with Crippen molar-refractivity contribution >= 4 is 11.7 Å². The first-order valence-corrected chi connectivity index (χ1v) is 5.73. The number of pyridine rings is 1. The third-order valence-electron chi connectivity index (χ3n) is 2.39. The van der Waals surface area contributed by atoms with Crippen molar-refractivity contribution in [3.8, 4) is 0 Å². The monoisotopic (exact) mass is 262 g/mol. The highest BCUT2D eigenvalue weighted by atomic mass is 16.6. The van der Waals surface area contributed by atoms with E-state index < -0.39 is 5.91 Å². The fraction of sp³-hybridized carbons (Fsp3) is 0.273. The van der Waals surface area contributed by atoms with Crippen LogP contribution in [0, 0.1) is 0 Å². The molecule has 2 aromatic heterocycles. The quantitative estimate of drug-likeness (QED) is 0.604. The van der Waals surface area contributed by atoms with Gasteiger partial charge in [0.2, 0.25) is 11.5 Å². The standard InChI is InChI=1S/C11H14N6O2/c12-10-9(16-19-17-10)11(18)15-6-5-14-7-8-1-3-13-4-2-8/h1-4,14H,5-7H2,(H2,12,17)(H,15,18). The minimum Gasteiger partial charge on any atom is -0.379 e. The molecule has 19 heavy (non-hydrogen) atoms. The van der Waals surface area contributed by atoms with E-state index in [1.54, 1.807) is 12.4 Å². The maximum atomic E-state index is 11.6. The second kappa shape index (κ2) is 6.45. The van der Waals surface area contributed by atoms with Gasteiger partial charge in [0, 0.05) is 32.0 Å². The maximum Gasteiger partial charge on any atom is 0.277 e. The summed E-state index contributed by atoms with van der Waals surface area (Å²) in [5.74, 6) is -0.410. The largest absolute Gasteiger partial charge is 0.379 e. The van der Waals surface area contributed by atoms with Gasteiger partial charge in [-0.05, 0) is 28.0 Å². The number of nitrogens with zero attached hydrogens (tertiary/aromatic N) is 3. The van der Waals surface area contributed by atoms with Crippen molar-refractivity contribution in [3.63, 3.8) is 0 Å². The van der Waals surface area contributed by atoms with Crippen molar-refractivity contribution in [3.05, 3.63) is 35.8 Å². The van der Waals surface area contributed by atoms with Gasteiger partial charge in [-0.25, -0.2) is 4.63 Å². The zero-order chi connectivity index (χ0) is 13.5. The van der Waals surface area contributed by atoms with Crippen molar-refractivity contribution in [2.75, 3.05) is 18.8 Å². The van der Waals surface area contributed by atoms with E-state index in [1.807, 2.05) is 12.1 Å². The van der Waals surface area contributed by atoms with E-state index in [1.165, 1.54) is 0 Å². The van der Waals surface area contributed by atoms with Crippen molar-refractivity contribution < 1.29 is 9.42 Å². The molecule has 2 heterocycles. The topological polar surface area (TPSA) is 119 Å². The van der Waals surface area contributed by atoms with Crippen molar-refractivity contribution in [1.29, 1.82) is 0 Å². The summed E-state index contributed by atoms with van der Waals surface area (Å²) in [6.45, 7) is 1.79. The second-order valence-electron chi connectivity index (χ2n) is 3.79. The molecule has 4 N–H and O–H groups in total. The first-order valence-electron chi connectivity index (χ1n) is 5.73. The molecule has 0 aliphatic heterocycles. The third kappa shape index (κ3) is 3.75. The number of hydrogen-bond donors (Lipinski definition) is 3. The third-order valence-corrected chi connectivity index (χ3v) is 2.39. The van der Waals surface area contributed by atoms with Crippen LogP contribution in [0.3, 0.4) is 0 Å². The lowest BCUT2D eigenvalue weighted by Gasteiger charge is -2.05. The fourth-order valence-electron chi connectivity index (χ4n) is 1.43. The molecular formula is C11H14N6O2. The molecule has 0 atom stereocenters. The molecule has 0 radical (unpaired) electrons. The fourth-order valence-corrected chi connectivity index (χ4v) is 1.43. The van der Waals surface area contributed by atoms with Crippen LogP contribution >= 0.6 is 0 Å². The molecule has 0 fully saturated rings. The van der Waals surface area contributed by atoms with E-state index in [0.29, 0.717) is 19.6 Å². The lowest BCUT2D eigenvalue weighted by atomic mass is 10.3. The summed E-state index contributed by atoms with van der Waals surface area (Å²) >= 11 is 0. The van der Waals surface area contributed by atoms with Gasteiger partial charge in [0.1, 0.15) is 0 Å². The lowest BCUT2D eigenvalue weighted by Crippen LogP contribution is -2.32. The van der Waals surface area contributed by atoms with Crippen LogP contribution < -0.4 is 16.4 Å². The van der Waals surface area contributed by atoms with E-state index in [-0.39, 0.29) is 11.5 Å². The number of carbonyl (C=O) groups excluding carboxylic acids is 1. The van der Waals surface area contributed by atoms with Crippen LogP contribution in [0.25, 0.3) is 0 Å². The molecule has 8 heteroatoms. The molecule has 8 nitrogen and oxygen atoms in total. The summed E-state index contributed by atoms with van der Waals surface area (Å²) in [6.07, 6.45) is 3.47. The van der Waals surface area contributed by atoms with Gasteiger partial charge in [0.15, 0.2) is 0 Å². The van der Waals surface area contributed by atoms with E-state index in [4.69, 9.17) is 5.73 Å². The number of hydrogen-bond acceptors (Lipinski definition) is 7. The second-order valence-corrected chi connectivity index (χ2v) is 3.79. The van der Waals surface area contributed by atoms with E-state index in [0.717, 1.165) is 5.56 Å². The summed E-state index contributed by atoms with van der Waals surface area (Å²) in [6, 6.07) is 3.85. The van der Waals surface area contributed by atoms with Crippen LogP contribution in [0.1, 0.15) is 16.1 Å². The number of rotatable bonds is 6. The molecule has 1 amide bonds. The number of aromatic nitrogens is 3. The molecule has 0 saturated carbocycles. The maximum absolute atomic E-state index is 11.6. The van der Waals surface area contributed by atoms with Crippen LogP contribution in [0.15, 0.2) is 29.2 Å². The molecule has 2 rings (SSSR count).